The fourth-order valence-electron chi connectivity index (χ4n) is 1.89. The van der Waals surface area contributed by atoms with Gasteiger partial charge in [-0.05, 0) is 30.5 Å². The van der Waals surface area contributed by atoms with Crippen molar-refractivity contribution in [2.24, 2.45) is 7.05 Å². The van der Waals surface area contributed by atoms with Gasteiger partial charge in [0.25, 0.3) is 0 Å². The molecule has 0 aliphatic heterocycles. The first-order chi connectivity index (χ1) is 8.18. The summed E-state index contributed by atoms with van der Waals surface area (Å²) in [6, 6.07) is 6.38. The lowest BCUT2D eigenvalue weighted by molar-refractivity contribution is 0.634. The minimum Gasteiger partial charge on any atom is -0.320 e. The van der Waals surface area contributed by atoms with Crippen LogP contribution in [-0.2, 0) is 20.1 Å². The Morgan fingerprint density at radius 2 is 1.88 bits per heavy atom. The lowest BCUT2D eigenvalue weighted by Crippen LogP contribution is -2.17. The van der Waals surface area contributed by atoms with E-state index in [0.29, 0.717) is 0 Å². The quantitative estimate of drug-likeness (QED) is 0.869. The Morgan fingerprint density at radius 3 is 2.47 bits per heavy atom. The van der Waals surface area contributed by atoms with Gasteiger partial charge in [-0.3, -0.25) is 0 Å². The van der Waals surface area contributed by atoms with Crippen LogP contribution in [0.3, 0.4) is 0 Å². The van der Waals surface area contributed by atoms with Crippen molar-refractivity contribution in [3.8, 4) is 0 Å². The molecule has 0 bridgehead atoms. The minimum absolute atomic E-state index is 0.740. The van der Waals surface area contributed by atoms with Crippen LogP contribution in [0, 0.1) is 13.8 Å². The summed E-state index contributed by atoms with van der Waals surface area (Å²) in [5.41, 5.74) is 4.03. The molecule has 0 saturated heterocycles. The summed E-state index contributed by atoms with van der Waals surface area (Å²) in [5, 5.41) is 11.3. The van der Waals surface area contributed by atoms with E-state index in [1.54, 1.807) is 6.33 Å². The van der Waals surface area contributed by atoms with E-state index >= 15 is 0 Å². The molecule has 0 spiro atoms. The van der Waals surface area contributed by atoms with Gasteiger partial charge in [-0.1, -0.05) is 18.2 Å². The van der Waals surface area contributed by atoms with Gasteiger partial charge in [-0.2, -0.15) is 0 Å². The van der Waals surface area contributed by atoms with E-state index in [1.165, 1.54) is 16.7 Å². The summed E-state index contributed by atoms with van der Waals surface area (Å²) >= 11 is 0. The number of benzene rings is 1. The van der Waals surface area contributed by atoms with E-state index in [0.717, 1.165) is 18.9 Å². The van der Waals surface area contributed by atoms with Gasteiger partial charge in [0.1, 0.15) is 12.2 Å². The lowest BCUT2D eigenvalue weighted by atomic mass is 10.0. The Bertz CT molecular complexity index is 482. The summed E-state index contributed by atoms with van der Waals surface area (Å²) in [4.78, 5) is 0. The number of aryl methyl sites for hydroxylation is 3. The van der Waals surface area contributed by atoms with Crippen LogP contribution in [0.4, 0.5) is 0 Å². The van der Waals surface area contributed by atoms with Gasteiger partial charge in [0.2, 0.25) is 0 Å². The Balaban J connectivity index is 1.97. The highest BCUT2D eigenvalue weighted by Crippen LogP contribution is 2.12. The minimum atomic E-state index is 0.740. The van der Waals surface area contributed by atoms with Crippen molar-refractivity contribution in [3.05, 3.63) is 47.0 Å². The molecule has 4 nitrogen and oxygen atoms in total. The van der Waals surface area contributed by atoms with Crippen molar-refractivity contribution < 1.29 is 0 Å². The molecule has 1 heterocycles. The van der Waals surface area contributed by atoms with Gasteiger partial charge in [0.05, 0.1) is 6.54 Å². The van der Waals surface area contributed by atoms with Crippen molar-refractivity contribution in [1.29, 1.82) is 0 Å². The molecule has 0 unspecified atom stereocenters. The van der Waals surface area contributed by atoms with Crippen LogP contribution in [0.2, 0.25) is 0 Å². The molecule has 0 radical (unpaired) electrons. The van der Waals surface area contributed by atoms with Crippen molar-refractivity contribution in [1.82, 2.24) is 20.1 Å². The topological polar surface area (TPSA) is 42.7 Å². The highest BCUT2D eigenvalue weighted by atomic mass is 15.3. The second-order valence-electron chi connectivity index (χ2n) is 4.33. The molecule has 90 valence electrons. The molecule has 1 aromatic heterocycles. The Morgan fingerprint density at radius 1 is 1.18 bits per heavy atom. The summed E-state index contributed by atoms with van der Waals surface area (Å²) < 4.78 is 1.93. The van der Waals surface area contributed by atoms with Crippen LogP contribution in [0.15, 0.2) is 24.5 Å². The summed E-state index contributed by atoms with van der Waals surface area (Å²) in [6.45, 7) is 5.90. The van der Waals surface area contributed by atoms with E-state index < -0.39 is 0 Å². The van der Waals surface area contributed by atoms with E-state index in [4.69, 9.17) is 0 Å². The first kappa shape index (κ1) is 11.8. The number of hydrogen-bond donors (Lipinski definition) is 1. The Kier molecular flexibility index (Phi) is 3.54. The molecule has 0 atom stereocenters. The predicted octanol–water partition coefficient (Wildman–Crippen LogP) is 1.72. The fourth-order valence-corrected chi connectivity index (χ4v) is 1.89. The second kappa shape index (κ2) is 5.10. The van der Waals surface area contributed by atoms with Crippen LogP contribution in [0.5, 0.6) is 0 Å². The van der Waals surface area contributed by atoms with E-state index in [2.05, 4.69) is 47.6 Å². The molecule has 17 heavy (non-hydrogen) atoms. The van der Waals surface area contributed by atoms with Gasteiger partial charge in [-0.25, -0.2) is 0 Å². The normalized spacial score (nSPS) is 10.8. The molecule has 2 rings (SSSR count). The third-order valence-corrected chi connectivity index (χ3v) is 3.03. The summed E-state index contributed by atoms with van der Waals surface area (Å²) in [5.74, 6) is 0.955. The van der Waals surface area contributed by atoms with Crippen molar-refractivity contribution in [2.75, 3.05) is 0 Å². The standard InChI is InChI=1S/C13H18N4/c1-10-5-4-6-11(2)12(10)7-14-8-13-16-15-9-17(13)3/h4-6,9,14H,7-8H2,1-3H3. The maximum Gasteiger partial charge on any atom is 0.146 e. The zero-order valence-corrected chi connectivity index (χ0v) is 10.6. The maximum absolute atomic E-state index is 4.04. The van der Waals surface area contributed by atoms with Crippen LogP contribution in [0.25, 0.3) is 0 Å². The highest BCUT2D eigenvalue weighted by Gasteiger charge is 2.03. The summed E-state index contributed by atoms with van der Waals surface area (Å²) in [6.07, 6.45) is 1.72. The fraction of sp³-hybridized carbons (Fsp3) is 0.385. The molecule has 0 fully saturated rings. The molecule has 4 heteroatoms. The zero-order valence-electron chi connectivity index (χ0n) is 10.6. The Labute approximate surface area is 102 Å². The number of hydrogen-bond acceptors (Lipinski definition) is 3. The van der Waals surface area contributed by atoms with Gasteiger partial charge in [0, 0.05) is 13.6 Å². The molecule has 1 N–H and O–H groups in total. The van der Waals surface area contributed by atoms with Crippen molar-refractivity contribution in [3.63, 3.8) is 0 Å². The SMILES string of the molecule is Cc1cccc(C)c1CNCc1nncn1C. The van der Waals surface area contributed by atoms with Gasteiger partial charge in [-0.15, -0.1) is 10.2 Å². The molecule has 0 saturated carbocycles. The Hall–Kier alpha value is -1.68. The number of aromatic nitrogens is 3. The van der Waals surface area contributed by atoms with Gasteiger partial charge in [0.15, 0.2) is 0 Å². The largest absolute Gasteiger partial charge is 0.320 e. The smallest absolute Gasteiger partial charge is 0.146 e. The molecule has 0 aliphatic carbocycles. The van der Waals surface area contributed by atoms with Gasteiger partial charge < -0.3 is 9.88 Å². The second-order valence-corrected chi connectivity index (χ2v) is 4.33. The highest BCUT2D eigenvalue weighted by molar-refractivity contribution is 5.33. The average Bonchev–Trinajstić information content (AvgIpc) is 2.69. The molecule has 2 aromatic rings. The summed E-state index contributed by atoms with van der Waals surface area (Å²) in [7, 11) is 1.95. The zero-order chi connectivity index (χ0) is 12.3. The lowest BCUT2D eigenvalue weighted by Gasteiger charge is -2.10. The maximum atomic E-state index is 4.04. The van der Waals surface area contributed by atoms with Crippen LogP contribution >= 0.6 is 0 Å². The van der Waals surface area contributed by atoms with Crippen LogP contribution < -0.4 is 5.32 Å². The van der Waals surface area contributed by atoms with Crippen molar-refractivity contribution in [2.45, 2.75) is 26.9 Å². The molecule has 0 aliphatic rings. The number of rotatable bonds is 4. The van der Waals surface area contributed by atoms with Gasteiger partial charge >= 0.3 is 0 Å². The molecular formula is C13H18N4. The van der Waals surface area contributed by atoms with E-state index in [9.17, 15) is 0 Å². The van der Waals surface area contributed by atoms with E-state index in [-0.39, 0.29) is 0 Å². The number of nitrogens with one attached hydrogen (secondary N) is 1. The van der Waals surface area contributed by atoms with Crippen molar-refractivity contribution >= 4 is 0 Å². The monoisotopic (exact) mass is 230 g/mol. The van der Waals surface area contributed by atoms with Crippen LogP contribution in [0.1, 0.15) is 22.5 Å². The molecule has 1 aromatic carbocycles. The molecule has 0 amide bonds. The average molecular weight is 230 g/mol. The third-order valence-electron chi connectivity index (χ3n) is 3.03. The third kappa shape index (κ3) is 2.71. The first-order valence-electron chi connectivity index (χ1n) is 5.77. The van der Waals surface area contributed by atoms with E-state index in [1.807, 2.05) is 11.6 Å². The molecular weight excluding hydrogens is 212 g/mol. The predicted molar refractivity (Wildman–Crippen MR) is 67.5 cm³/mol. The van der Waals surface area contributed by atoms with Crippen LogP contribution in [-0.4, -0.2) is 14.8 Å². The number of nitrogens with zero attached hydrogens (tertiary/aromatic N) is 3. The first-order valence-corrected chi connectivity index (χ1v) is 5.77.